The molecule has 0 bridgehead atoms. The average Bonchev–Trinajstić information content (AvgIpc) is 2.91. The first-order chi connectivity index (χ1) is 9.06. The molecule has 3 aromatic rings. The largest absolute Gasteiger partial charge is 0.461 e. The molecule has 2 aromatic heterocycles. The predicted molar refractivity (Wildman–Crippen MR) is 77.2 cm³/mol. The Morgan fingerprint density at radius 2 is 2.11 bits per heavy atom. The molecule has 2 N–H and O–H groups in total. The van der Waals surface area contributed by atoms with Gasteiger partial charge in [-0.3, -0.25) is 4.68 Å². The van der Waals surface area contributed by atoms with Gasteiger partial charge in [0, 0.05) is 22.7 Å². The number of benzene rings is 1. The second-order valence-electron chi connectivity index (χ2n) is 5.52. The number of furan rings is 1. The molecule has 19 heavy (non-hydrogen) atoms. The summed E-state index contributed by atoms with van der Waals surface area (Å²) in [5.41, 5.74) is 7.92. The number of nitrogens with zero attached hydrogens (tertiary/aromatic N) is 2. The number of nitrogens with two attached hydrogens (primary N) is 1. The first kappa shape index (κ1) is 12.2. The highest BCUT2D eigenvalue weighted by atomic mass is 16.3. The third-order valence-electron chi connectivity index (χ3n) is 3.35. The van der Waals surface area contributed by atoms with Crippen LogP contribution in [0.25, 0.3) is 21.9 Å². The fourth-order valence-corrected chi connectivity index (χ4v) is 2.41. The molecule has 4 nitrogen and oxygen atoms in total. The third kappa shape index (κ3) is 2.02. The van der Waals surface area contributed by atoms with E-state index in [1.807, 2.05) is 23.9 Å². The minimum Gasteiger partial charge on any atom is -0.461 e. The molecule has 1 aromatic carbocycles. The molecule has 0 aliphatic heterocycles. The van der Waals surface area contributed by atoms with Gasteiger partial charge in [-0.1, -0.05) is 13.8 Å². The van der Waals surface area contributed by atoms with Crippen LogP contribution in [-0.4, -0.2) is 15.8 Å². The molecule has 0 radical (unpaired) electrons. The van der Waals surface area contributed by atoms with Crippen molar-refractivity contribution in [1.29, 1.82) is 0 Å². The summed E-state index contributed by atoms with van der Waals surface area (Å²) in [7, 11) is 0. The molecule has 1 atom stereocenters. The Morgan fingerprint density at radius 3 is 2.79 bits per heavy atom. The van der Waals surface area contributed by atoms with Crippen LogP contribution in [0.15, 0.2) is 28.8 Å². The lowest BCUT2D eigenvalue weighted by Crippen LogP contribution is -2.22. The molecule has 0 saturated carbocycles. The maximum Gasteiger partial charge on any atom is 0.136 e. The molecule has 0 unspecified atom stereocenters. The van der Waals surface area contributed by atoms with Crippen molar-refractivity contribution in [2.45, 2.75) is 39.3 Å². The van der Waals surface area contributed by atoms with E-state index in [0.717, 1.165) is 27.6 Å². The first-order valence-corrected chi connectivity index (χ1v) is 6.70. The van der Waals surface area contributed by atoms with Gasteiger partial charge in [0.25, 0.3) is 0 Å². The quantitative estimate of drug-likeness (QED) is 0.783. The van der Waals surface area contributed by atoms with E-state index in [-0.39, 0.29) is 6.04 Å². The van der Waals surface area contributed by atoms with Crippen LogP contribution in [0.3, 0.4) is 0 Å². The van der Waals surface area contributed by atoms with Crippen molar-refractivity contribution in [2.24, 2.45) is 5.73 Å². The molecule has 3 rings (SSSR count). The van der Waals surface area contributed by atoms with Crippen molar-refractivity contribution >= 4 is 21.9 Å². The van der Waals surface area contributed by atoms with E-state index >= 15 is 0 Å². The van der Waals surface area contributed by atoms with Gasteiger partial charge >= 0.3 is 0 Å². The zero-order valence-electron chi connectivity index (χ0n) is 11.6. The van der Waals surface area contributed by atoms with Crippen molar-refractivity contribution in [3.63, 3.8) is 0 Å². The van der Waals surface area contributed by atoms with Crippen LogP contribution in [0, 0.1) is 0 Å². The maximum atomic E-state index is 5.89. The number of aromatic nitrogens is 2. The molecule has 0 aliphatic rings. The van der Waals surface area contributed by atoms with Crippen LogP contribution in [0.5, 0.6) is 0 Å². The highest BCUT2D eigenvalue weighted by Crippen LogP contribution is 2.30. The van der Waals surface area contributed by atoms with E-state index < -0.39 is 0 Å². The number of hydrogen-bond donors (Lipinski definition) is 1. The molecule has 0 aliphatic carbocycles. The topological polar surface area (TPSA) is 57.0 Å². The third-order valence-corrected chi connectivity index (χ3v) is 3.35. The first-order valence-electron chi connectivity index (χ1n) is 6.70. The summed E-state index contributed by atoms with van der Waals surface area (Å²) in [5.74, 6) is 1.39. The summed E-state index contributed by atoms with van der Waals surface area (Å²) in [6.45, 7) is 6.97. The van der Waals surface area contributed by atoms with E-state index in [4.69, 9.17) is 10.2 Å². The lowest BCUT2D eigenvalue weighted by atomic mass is 10.1. The van der Waals surface area contributed by atoms with E-state index in [2.05, 4.69) is 31.1 Å². The van der Waals surface area contributed by atoms with Gasteiger partial charge in [-0.2, -0.15) is 5.10 Å². The molecular weight excluding hydrogens is 238 g/mol. The Bertz CT molecular complexity index is 721. The van der Waals surface area contributed by atoms with Crippen molar-refractivity contribution in [2.75, 3.05) is 0 Å². The average molecular weight is 257 g/mol. The smallest absolute Gasteiger partial charge is 0.136 e. The lowest BCUT2D eigenvalue weighted by Gasteiger charge is -2.06. The van der Waals surface area contributed by atoms with Crippen molar-refractivity contribution in [3.05, 3.63) is 30.2 Å². The zero-order valence-corrected chi connectivity index (χ0v) is 11.6. The molecule has 0 amide bonds. The second-order valence-corrected chi connectivity index (χ2v) is 5.52. The fraction of sp³-hybridized carbons (Fsp3) is 0.400. The van der Waals surface area contributed by atoms with Gasteiger partial charge in [0.1, 0.15) is 11.3 Å². The van der Waals surface area contributed by atoms with Gasteiger partial charge in [-0.25, -0.2) is 0 Å². The standard InChI is InChI=1S/C15H19N3O/c1-9(2)14-6-12-13(19-14)5-4-11-7-17-18(15(11)12)8-10(3)16/h4-7,9-10H,8,16H2,1-3H3/t10-/m0/s1. The zero-order chi connectivity index (χ0) is 13.6. The van der Waals surface area contributed by atoms with E-state index in [1.165, 1.54) is 0 Å². The van der Waals surface area contributed by atoms with Crippen LogP contribution >= 0.6 is 0 Å². The Morgan fingerprint density at radius 1 is 1.32 bits per heavy atom. The fourth-order valence-electron chi connectivity index (χ4n) is 2.41. The van der Waals surface area contributed by atoms with Crippen molar-refractivity contribution in [1.82, 2.24) is 9.78 Å². The minimum atomic E-state index is 0.0785. The normalized spacial score (nSPS) is 13.7. The van der Waals surface area contributed by atoms with Gasteiger partial charge in [-0.05, 0) is 25.1 Å². The van der Waals surface area contributed by atoms with Crippen molar-refractivity contribution < 1.29 is 4.42 Å². The van der Waals surface area contributed by atoms with Gasteiger partial charge in [0.2, 0.25) is 0 Å². The Labute approximate surface area is 112 Å². The highest BCUT2D eigenvalue weighted by molar-refractivity contribution is 6.03. The molecule has 2 heterocycles. The summed E-state index contributed by atoms with van der Waals surface area (Å²) < 4.78 is 7.87. The van der Waals surface area contributed by atoms with Crippen LogP contribution in [0.2, 0.25) is 0 Å². The van der Waals surface area contributed by atoms with E-state index in [0.29, 0.717) is 12.5 Å². The minimum absolute atomic E-state index is 0.0785. The number of fused-ring (bicyclic) bond motifs is 3. The Kier molecular flexibility index (Phi) is 2.82. The number of rotatable bonds is 3. The van der Waals surface area contributed by atoms with E-state index in [1.54, 1.807) is 0 Å². The molecule has 0 saturated heterocycles. The van der Waals surface area contributed by atoms with Crippen LogP contribution in [0.4, 0.5) is 0 Å². The van der Waals surface area contributed by atoms with Crippen molar-refractivity contribution in [3.8, 4) is 0 Å². The molecule has 0 fully saturated rings. The van der Waals surface area contributed by atoms with Crippen LogP contribution in [-0.2, 0) is 6.54 Å². The summed E-state index contributed by atoms with van der Waals surface area (Å²) in [6.07, 6.45) is 1.89. The van der Waals surface area contributed by atoms with Gasteiger partial charge in [-0.15, -0.1) is 0 Å². The highest BCUT2D eigenvalue weighted by Gasteiger charge is 2.13. The maximum absolute atomic E-state index is 5.89. The monoisotopic (exact) mass is 257 g/mol. The van der Waals surface area contributed by atoms with Crippen LogP contribution in [0.1, 0.15) is 32.4 Å². The number of hydrogen-bond acceptors (Lipinski definition) is 3. The predicted octanol–water partition coefficient (Wildman–Crippen LogP) is 3.25. The molecule has 100 valence electrons. The Balaban J connectivity index is 2.27. The second kappa shape index (κ2) is 4.38. The summed E-state index contributed by atoms with van der Waals surface area (Å²) in [6, 6.07) is 6.27. The molecule has 4 heteroatoms. The van der Waals surface area contributed by atoms with Gasteiger partial charge in [0.05, 0.1) is 18.3 Å². The molecular formula is C15H19N3O. The van der Waals surface area contributed by atoms with E-state index in [9.17, 15) is 0 Å². The van der Waals surface area contributed by atoms with Gasteiger partial charge < -0.3 is 10.2 Å². The summed E-state index contributed by atoms with van der Waals surface area (Å²) >= 11 is 0. The SMILES string of the molecule is CC(C)c1cc2c(ccc3cnn(C[C@H](C)N)c32)o1. The Hall–Kier alpha value is -1.81. The summed E-state index contributed by atoms with van der Waals surface area (Å²) in [5, 5.41) is 6.69. The lowest BCUT2D eigenvalue weighted by molar-refractivity contribution is 0.521. The molecule has 0 spiro atoms. The van der Waals surface area contributed by atoms with Crippen LogP contribution < -0.4 is 5.73 Å². The van der Waals surface area contributed by atoms with Gasteiger partial charge in [0.15, 0.2) is 0 Å². The summed E-state index contributed by atoms with van der Waals surface area (Å²) in [4.78, 5) is 0.